The van der Waals surface area contributed by atoms with E-state index in [1.54, 1.807) is 11.1 Å². The van der Waals surface area contributed by atoms with Gasteiger partial charge in [0.25, 0.3) is 5.91 Å². The second kappa shape index (κ2) is 11.4. The molecule has 2 aromatic carbocycles. The van der Waals surface area contributed by atoms with E-state index >= 15 is 0 Å². The number of likely N-dealkylation sites (tertiary alicyclic amines) is 1. The van der Waals surface area contributed by atoms with Gasteiger partial charge in [0, 0.05) is 24.7 Å². The number of aromatic nitrogens is 2. The van der Waals surface area contributed by atoms with Crippen molar-refractivity contribution >= 4 is 17.7 Å². The summed E-state index contributed by atoms with van der Waals surface area (Å²) in [4.78, 5) is 27.9. The molecule has 1 fully saturated rings. The lowest BCUT2D eigenvalue weighted by Crippen LogP contribution is -2.41. The van der Waals surface area contributed by atoms with E-state index in [4.69, 9.17) is 4.74 Å². The fourth-order valence-corrected chi connectivity index (χ4v) is 4.82. The number of hydrogen-bond acceptors (Lipinski definition) is 4. The zero-order chi connectivity index (χ0) is 27.4. The summed E-state index contributed by atoms with van der Waals surface area (Å²) in [6, 6.07) is 16.3. The number of amides is 2. The molecule has 0 atom stereocenters. The van der Waals surface area contributed by atoms with Crippen molar-refractivity contribution in [3.8, 4) is 5.69 Å². The maximum atomic E-state index is 13.5. The van der Waals surface area contributed by atoms with Crippen LogP contribution in [0.25, 0.3) is 5.69 Å². The molecular weight excluding hydrogens is 476 g/mol. The molecule has 0 saturated carbocycles. The number of aryl methyl sites for hydroxylation is 1. The minimum Gasteiger partial charge on any atom is -0.444 e. The molecule has 7 heteroatoms. The van der Waals surface area contributed by atoms with Crippen LogP contribution in [0.1, 0.15) is 93.4 Å². The molecule has 202 valence electrons. The Morgan fingerprint density at radius 3 is 2.21 bits per heavy atom. The number of anilines is 1. The molecule has 3 aromatic rings. The minimum atomic E-state index is -0.532. The summed E-state index contributed by atoms with van der Waals surface area (Å²) in [5.74, 6) is 0.326. The summed E-state index contributed by atoms with van der Waals surface area (Å²) in [6.07, 6.45) is 3.77. The first-order chi connectivity index (χ1) is 18.1. The maximum absolute atomic E-state index is 13.5. The molecule has 1 N–H and O–H groups in total. The highest BCUT2D eigenvalue weighted by atomic mass is 16.6. The summed E-state index contributed by atoms with van der Waals surface area (Å²) in [7, 11) is 0. The van der Waals surface area contributed by atoms with E-state index in [1.165, 1.54) is 11.1 Å². The molecule has 7 nitrogen and oxygen atoms in total. The Hall–Kier alpha value is -3.61. The molecule has 0 unspecified atom stereocenters. The third-order valence-electron chi connectivity index (χ3n) is 7.01. The normalized spacial score (nSPS) is 14.6. The quantitative estimate of drug-likeness (QED) is 0.386. The monoisotopic (exact) mass is 516 g/mol. The molecule has 1 aliphatic rings. The standard InChI is InChI=1S/C31H40N4O3/c1-7-22-8-12-25(13-9-22)33-29(36)27-20-32-35(26-14-10-23(11-15-26)21(2)3)28(27)24-16-18-34(19-17-24)30(37)38-31(4,5)6/h8-15,20-21,24H,7,16-19H2,1-6H3,(H,33,36). The predicted octanol–water partition coefficient (Wildman–Crippen LogP) is 6.92. The third kappa shape index (κ3) is 6.44. The number of nitrogens with zero attached hydrogens (tertiary/aromatic N) is 3. The van der Waals surface area contributed by atoms with Gasteiger partial charge in [-0.1, -0.05) is 45.0 Å². The van der Waals surface area contributed by atoms with Gasteiger partial charge in [-0.2, -0.15) is 5.10 Å². The molecule has 0 radical (unpaired) electrons. The average molecular weight is 517 g/mol. The lowest BCUT2D eigenvalue weighted by atomic mass is 9.90. The van der Waals surface area contributed by atoms with E-state index in [9.17, 15) is 9.59 Å². The van der Waals surface area contributed by atoms with Crippen molar-refractivity contribution < 1.29 is 14.3 Å². The van der Waals surface area contributed by atoms with Crippen molar-refractivity contribution in [1.29, 1.82) is 0 Å². The van der Waals surface area contributed by atoms with Crippen molar-refractivity contribution in [3.63, 3.8) is 0 Å². The van der Waals surface area contributed by atoms with Crippen LogP contribution in [-0.4, -0.2) is 45.4 Å². The van der Waals surface area contributed by atoms with Crippen LogP contribution >= 0.6 is 0 Å². The molecular formula is C31H40N4O3. The summed E-state index contributed by atoms with van der Waals surface area (Å²) in [5.41, 5.74) is 5.06. The predicted molar refractivity (Wildman–Crippen MR) is 151 cm³/mol. The third-order valence-corrected chi connectivity index (χ3v) is 7.01. The zero-order valence-corrected chi connectivity index (χ0v) is 23.5. The van der Waals surface area contributed by atoms with Crippen LogP contribution in [0.4, 0.5) is 10.5 Å². The first kappa shape index (κ1) is 27.4. The van der Waals surface area contributed by atoms with Crippen molar-refractivity contribution in [2.45, 2.75) is 78.2 Å². The van der Waals surface area contributed by atoms with E-state index in [1.807, 2.05) is 49.7 Å². The van der Waals surface area contributed by atoms with Crippen LogP contribution in [0.5, 0.6) is 0 Å². The number of hydrogen-bond donors (Lipinski definition) is 1. The Kier molecular flexibility index (Phi) is 8.24. The number of carbonyl (C=O) groups excluding carboxylic acids is 2. The summed E-state index contributed by atoms with van der Waals surface area (Å²) in [5, 5.41) is 7.73. The first-order valence-electron chi connectivity index (χ1n) is 13.6. The summed E-state index contributed by atoms with van der Waals surface area (Å²) >= 11 is 0. The van der Waals surface area contributed by atoms with Crippen molar-refractivity contribution in [1.82, 2.24) is 14.7 Å². The molecule has 0 bridgehead atoms. The lowest BCUT2D eigenvalue weighted by molar-refractivity contribution is 0.0203. The number of carbonyl (C=O) groups is 2. The van der Waals surface area contributed by atoms with Crippen LogP contribution in [0, 0.1) is 0 Å². The Balaban J connectivity index is 1.61. The number of ether oxygens (including phenoxy) is 1. The Morgan fingerprint density at radius 2 is 1.66 bits per heavy atom. The SMILES string of the molecule is CCc1ccc(NC(=O)c2cnn(-c3ccc(C(C)C)cc3)c2C2CCN(C(=O)OC(C)(C)C)CC2)cc1. The van der Waals surface area contributed by atoms with Gasteiger partial charge in [0.15, 0.2) is 0 Å². The Labute approximate surface area is 226 Å². The van der Waals surface area contributed by atoms with Gasteiger partial charge >= 0.3 is 6.09 Å². The smallest absolute Gasteiger partial charge is 0.410 e. The minimum absolute atomic E-state index is 0.0733. The van der Waals surface area contributed by atoms with E-state index in [0.717, 1.165) is 36.3 Å². The zero-order valence-electron chi connectivity index (χ0n) is 23.5. The summed E-state index contributed by atoms with van der Waals surface area (Å²) < 4.78 is 7.47. The molecule has 1 aliphatic heterocycles. The molecule has 38 heavy (non-hydrogen) atoms. The van der Waals surface area contributed by atoms with Gasteiger partial charge < -0.3 is 15.0 Å². The van der Waals surface area contributed by atoms with Gasteiger partial charge in [-0.05, 0) is 81.3 Å². The highest BCUT2D eigenvalue weighted by Gasteiger charge is 2.32. The molecule has 0 aliphatic carbocycles. The molecule has 0 spiro atoms. The fourth-order valence-electron chi connectivity index (χ4n) is 4.82. The van der Waals surface area contributed by atoms with Crippen LogP contribution in [0.2, 0.25) is 0 Å². The second-order valence-corrected chi connectivity index (χ2v) is 11.3. The molecule has 4 rings (SSSR count). The summed E-state index contributed by atoms with van der Waals surface area (Å²) in [6.45, 7) is 13.2. The molecule has 1 aromatic heterocycles. The Bertz CT molecular complexity index is 1250. The van der Waals surface area contributed by atoms with Crippen LogP contribution in [0.15, 0.2) is 54.7 Å². The fraction of sp³-hybridized carbons (Fsp3) is 0.452. The van der Waals surface area contributed by atoms with E-state index < -0.39 is 5.60 Å². The number of rotatable bonds is 6. The topological polar surface area (TPSA) is 76.5 Å². The number of benzene rings is 2. The van der Waals surface area contributed by atoms with Gasteiger partial charge in [0.05, 0.1) is 23.1 Å². The van der Waals surface area contributed by atoms with Crippen molar-refractivity contribution in [3.05, 3.63) is 77.1 Å². The largest absolute Gasteiger partial charge is 0.444 e. The first-order valence-corrected chi connectivity index (χ1v) is 13.6. The molecule has 1 saturated heterocycles. The van der Waals surface area contributed by atoms with E-state index in [-0.39, 0.29) is 17.9 Å². The highest BCUT2D eigenvalue weighted by Crippen LogP contribution is 2.33. The van der Waals surface area contributed by atoms with Crippen molar-refractivity contribution in [2.75, 3.05) is 18.4 Å². The molecule has 2 heterocycles. The second-order valence-electron chi connectivity index (χ2n) is 11.3. The van der Waals surface area contributed by atoms with Gasteiger partial charge in [-0.3, -0.25) is 4.79 Å². The van der Waals surface area contributed by atoms with Gasteiger partial charge in [-0.25, -0.2) is 9.48 Å². The number of piperidine rings is 1. The van der Waals surface area contributed by atoms with E-state index in [2.05, 4.69) is 55.5 Å². The van der Waals surface area contributed by atoms with Crippen LogP contribution in [-0.2, 0) is 11.2 Å². The lowest BCUT2D eigenvalue weighted by Gasteiger charge is -2.34. The highest BCUT2D eigenvalue weighted by molar-refractivity contribution is 6.05. The van der Waals surface area contributed by atoms with Gasteiger partial charge in [0.2, 0.25) is 0 Å². The van der Waals surface area contributed by atoms with E-state index in [0.29, 0.717) is 24.6 Å². The van der Waals surface area contributed by atoms with Crippen LogP contribution < -0.4 is 5.32 Å². The average Bonchev–Trinajstić information content (AvgIpc) is 3.34. The van der Waals surface area contributed by atoms with Crippen LogP contribution in [0.3, 0.4) is 0 Å². The Morgan fingerprint density at radius 1 is 1.03 bits per heavy atom. The molecule has 2 amide bonds. The van der Waals surface area contributed by atoms with Gasteiger partial charge in [-0.15, -0.1) is 0 Å². The van der Waals surface area contributed by atoms with Crippen molar-refractivity contribution in [2.24, 2.45) is 0 Å². The maximum Gasteiger partial charge on any atom is 0.410 e. The van der Waals surface area contributed by atoms with Gasteiger partial charge in [0.1, 0.15) is 5.60 Å². The number of nitrogens with one attached hydrogen (secondary N) is 1.